The van der Waals surface area contributed by atoms with Crippen LogP contribution in [0.5, 0.6) is 5.75 Å². The first-order valence-electron chi connectivity index (χ1n) is 13.9. The van der Waals surface area contributed by atoms with Crippen LogP contribution in [-0.4, -0.2) is 50.9 Å². The fourth-order valence-corrected chi connectivity index (χ4v) is 6.09. The largest absolute Gasteiger partial charge is 0.497 e. The van der Waals surface area contributed by atoms with E-state index in [4.69, 9.17) is 4.74 Å². The molecule has 3 rings (SSSR count). The molecule has 3 aromatic carbocycles. The van der Waals surface area contributed by atoms with Crippen LogP contribution in [0.15, 0.2) is 77.7 Å². The van der Waals surface area contributed by atoms with Crippen LogP contribution >= 0.6 is 0 Å². The predicted octanol–water partition coefficient (Wildman–Crippen LogP) is 5.23. The zero-order valence-corrected chi connectivity index (χ0v) is 25.6. The third-order valence-corrected chi connectivity index (χ3v) is 8.77. The van der Waals surface area contributed by atoms with Crippen molar-refractivity contribution in [3.63, 3.8) is 0 Å². The number of methoxy groups -OCH3 is 1. The second-order valence-corrected chi connectivity index (χ2v) is 12.1. The smallest absolute Gasteiger partial charge is 0.264 e. The highest BCUT2D eigenvalue weighted by atomic mass is 32.2. The van der Waals surface area contributed by atoms with E-state index >= 15 is 0 Å². The number of benzene rings is 3. The number of rotatable bonds is 13. The summed E-state index contributed by atoms with van der Waals surface area (Å²) in [7, 11) is -2.55. The summed E-state index contributed by atoms with van der Waals surface area (Å²) in [6.07, 6.45) is 1.09. The van der Waals surface area contributed by atoms with Gasteiger partial charge in [0.1, 0.15) is 18.3 Å². The number of carbonyl (C=O) groups is 2. The molecule has 0 spiro atoms. The Morgan fingerprint density at radius 3 is 2.15 bits per heavy atom. The van der Waals surface area contributed by atoms with Crippen molar-refractivity contribution < 1.29 is 22.7 Å². The van der Waals surface area contributed by atoms with Gasteiger partial charge in [0, 0.05) is 12.6 Å². The number of amides is 2. The van der Waals surface area contributed by atoms with E-state index in [-0.39, 0.29) is 23.4 Å². The quantitative estimate of drug-likeness (QED) is 0.299. The number of anilines is 1. The molecule has 0 aliphatic carbocycles. The number of sulfonamides is 1. The number of nitrogens with one attached hydrogen (secondary N) is 1. The summed E-state index contributed by atoms with van der Waals surface area (Å²) in [5.41, 5.74) is 2.89. The van der Waals surface area contributed by atoms with E-state index in [1.54, 1.807) is 43.5 Å². The van der Waals surface area contributed by atoms with Crippen molar-refractivity contribution in [2.24, 2.45) is 0 Å². The van der Waals surface area contributed by atoms with Gasteiger partial charge < -0.3 is 15.0 Å². The molecule has 0 unspecified atom stereocenters. The molecule has 2 atom stereocenters. The number of hydrogen-bond acceptors (Lipinski definition) is 5. The zero-order chi connectivity index (χ0) is 30.2. The minimum atomic E-state index is -4.11. The lowest BCUT2D eigenvalue weighted by atomic mass is 10.1. The minimum absolute atomic E-state index is 0.0736. The van der Waals surface area contributed by atoms with Crippen LogP contribution in [-0.2, 0) is 26.2 Å². The Labute approximate surface area is 244 Å². The first kappa shape index (κ1) is 31.7. The van der Waals surface area contributed by atoms with Crippen molar-refractivity contribution in [1.29, 1.82) is 0 Å². The lowest BCUT2D eigenvalue weighted by molar-refractivity contribution is -0.140. The molecule has 41 heavy (non-hydrogen) atoms. The van der Waals surface area contributed by atoms with Crippen molar-refractivity contribution >= 4 is 27.5 Å². The van der Waals surface area contributed by atoms with Gasteiger partial charge in [-0.05, 0) is 86.7 Å². The van der Waals surface area contributed by atoms with Crippen molar-refractivity contribution in [2.75, 3.05) is 18.0 Å². The van der Waals surface area contributed by atoms with Crippen LogP contribution < -0.4 is 14.4 Å². The molecule has 0 aliphatic rings. The highest BCUT2D eigenvalue weighted by Crippen LogP contribution is 2.27. The van der Waals surface area contributed by atoms with Gasteiger partial charge in [-0.2, -0.15) is 0 Å². The molecule has 0 heterocycles. The van der Waals surface area contributed by atoms with Gasteiger partial charge in [0.2, 0.25) is 11.8 Å². The number of ether oxygens (including phenoxy) is 1. The van der Waals surface area contributed by atoms with Crippen molar-refractivity contribution in [1.82, 2.24) is 10.2 Å². The summed E-state index contributed by atoms with van der Waals surface area (Å²) in [6, 6.07) is 19.9. The molecule has 3 aromatic rings. The van der Waals surface area contributed by atoms with Gasteiger partial charge in [-0.3, -0.25) is 13.9 Å². The van der Waals surface area contributed by atoms with E-state index in [0.717, 1.165) is 27.4 Å². The second kappa shape index (κ2) is 14.2. The lowest BCUT2D eigenvalue weighted by Gasteiger charge is -2.34. The molecule has 9 heteroatoms. The minimum Gasteiger partial charge on any atom is -0.497 e. The summed E-state index contributed by atoms with van der Waals surface area (Å²) in [5.74, 6) is -0.143. The molecule has 0 aromatic heterocycles. The summed E-state index contributed by atoms with van der Waals surface area (Å²) < 4.78 is 34.5. The first-order valence-corrected chi connectivity index (χ1v) is 15.3. The Kier molecular flexibility index (Phi) is 10.9. The number of carbonyl (C=O) groups excluding carboxylic acids is 2. The topological polar surface area (TPSA) is 96.0 Å². The van der Waals surface area contributed by atoms with Gasteiger partial charge in [-0.15, -0.1) is 0 Å². The number of aryl methyl sites for hydroxylation is 2. The Balaban J connectivity index is 2.09. The average molecular weight is 580 g/mol. The van der Waals surface area contributed by atoms with Gasteiger partial charge in [0.15, 0.2) is 0 Å². The van der Waals surface area contributed by atoms with Crippen LogP contribution in [0.1, 0.15) is 50.3 Å². The van der Waals surface area contributed by atoms with E-state index in [2.05, 4.69) is 5.32 Å². The fraction of sp³-hybridized carbons (Fsp3) is 0.375. The molecule has 0 aliphatic heterocycles. The van der Waals surface area contributed by atoms with Crippen molar-refractivity contribution in [3.05, 3.63) is 89.5 Å². The SMILES string of the molecule is CC[C@H](C(=O)N[C@@H](C)CC)N(Cc1cccc(OC)c1)C(=O)CN(c1cc(C)cc(C)c1)S(=O)(=O)c1ccccc1. The highest BCUT2D eigenvalue weighted by Gasteiger charge is 2.34. The van der Waals surface area contributed by atoms with Gasteiger partial charge >= 0.3 is 0 Å². The summed E-state index contributed by atoms with van der Waals surface area (Å²) >= 11 is 0. The van der Waals surface area contributed by atoms with Crippen molar-refractivity contribution in [3.8, 4) is 5.75 Å². The molecule has 0 fully saturated rings. The normalized spacial score (nSPS) is 12.7. The zero-order valence-electron chi connectivity index (χ0n) is 24.8. The third kappa shape index (κ3) is 8.10. The molecular weight excluding hydrogens is 538 g/mol. The number of nitrogens with zero attached hydrogens (tertiary/aromatic N) is 2. The van der Waals surface area contributed by atoms with E-state index in [1.807, 2.05) is 58.9 Å². The summed E-state index contributed by atoms with van der Waals surface area (Å²) in [5, 5.41) is 2.99. The summed E-state index contributed by atoms with van der Waals surface area (Å²) in [4.78, 5) is 29.2. The van der Waals surface area contributed by atoms with E-state index in [1.165, 1.54) is 17.0 Å². The molecule has 0 bridgehead atoms. The van der Waals surface area contributed by atoms with Crippen LogP contribution in [0.4, 0.5) is 5.69 Å². The van der Waals surface area contributed by atoms with E-state index in [9.17, 15) is 18.0 Å². The Morgan fingerprint density at radius 2 is 1.56 bits per heavy atom. The van der Waals surface area contributed by atoms with Gasteiger partial charge in [-0.1, -0.05) is 50.2 Å². The maximum absolute atomic E-state index is 14.2. The van der Waals surface area contributed by atoms with Crippen LogP contribution in [0.3, 0.4) is 0 Å². The van der Waals surface area contributed by atoms with Gasteiger partial charge in [0.25, 0.3) is 10.0 Å². The fourth-order valence-electron chi connectivity index (χ4n) is 4.67. The standard InChI is InChI=1S/C32H41N3O5S/c1-7-25(5)33-32(37)30(8-2)34(21-26-13-12-14-28(20-26)40-6)31(36)22-35(27-18-23(3)17-24(4)19-27)41(38,39)29-15-10-9-11-16-29/h9-20,25,30H,7-8,21-22H2,1-6H3,(H,33,37)/t25-,30+/m0/s1. The predicted molar refractivity (Wildman–Crippen MR) is 162 cm³/mol. The Bertz CT molecular complexity index is 1420. The molecule has 1 N–H and O–H groups in total. The molecule has 0 radical (unpaired) electrons. The molecule has 8 nitrogen and oxygen atoms in total. The van der Waals surface area contributed by atoms with E-state index < -0.39 is 28.5 Å². The van der Waals surface area contributed by atoms with Crippen LogP contribution in [0.2, 0.25) is 0 Å². The molecule has 0 saturated heterocycles. The molecule has 220 valence electrons. The van der Waals surface area contributed by atoms with E-state index in [0.29, 0.717) is 17.9 Å². The molecule has 0 saturated carbocycles. The monoisotopic (exact) mass is 579 g/mol. The van der Waals surface area contributed by atoms with Gasteiger partial charge in [0.05, 0.1) is 17.7 Å². The first-order chi connectivity index (χ1) is 19.5. The van der Waals surface area contributed by atoms with Crippen LogP contribution in [0.25, 0.3) is 0 Å². The maximum Gasteiger partial charge on any atom is 0.264 e. The molecular formula is C32H41N3O5S. The highest BCUT2D eigenvalue weighted by molar-refractivity contribution is 7.92. The Morgan fingerprint density at radius 1 is 0.902 bits per heavy atom. The van der Waals surface area contributed by atoms with Crippen molar-refractivity contribution in [2.45, 2.75) is 71.0 Å². The summed E-state index contributed by atoms with van der Waals surface area (Å²) in [6.45, 7) is 9.12. The lowest BCUT2D eigenvalue weighted by Crippen LogP contribution is -2.53. The van der Waals surface area contributed by atoms with Gasteiger partial charge in [-0.25, -0.2) is 8.42 Å². The molecule has 2 amide bonds. The van der Waals surface area contributed by atoms with Crippen LogP contribution in [0, 0.1) is 13.8 Å². The maximum atomic E-state index is 14.2. The number of hydrogen-bond donors (Lipinski definition) is 1. The Hall–Kier alpha value is -3.85. The average Bonchev–Trinajstić information content (AvgIpc) is 2.95. The second-order valence-electron chi connectivity index (χ2n) is 10.3. The third-order valence-electron chi connectivity index (χ3n) is 6.98.